The van der Waals surface area contributed by atoms with E-state index in [0.717, 1.165) is 55.1 Å². The number of aromatic nitrogens is 3. The molecule has 2 aromatic heterocycles. The minimum absolute atomic E-state index is 0.598. The van der Waals surface area contributed by atoms with Gasteiger partial charge in [0.15, 0.2) is 17.5 Å². The Morgan fingerprint density at radius 1 is 0.321 bits per heavy atom. The van der Waals surface area contributed by atoms with Gasteiger partial charge in [-0.3, -0.25) is 0 Å². The molecule has 0 radical (unpaired) electrons. The molecule has 9 aromatic carbocycles. The van der Waals surface area contributed by atoms with Gasteiger partial charge in [0.05, 0.1) is 0 Å². The number of rotatable bonds is 4. The predicted octanol–water partition coefficient (Wildman–Crippen LogP) is 13.1. The molecule has 11 aromatic rings. The van der Waals surface area contributed by atoms with Gasteiger partial charge >= 0.3 is 0 Å². The number of nitrogens with zero attached hydrogens (tertiary/aromatic N) is 3. The van der Waals surface area contributed by atoms with Crippen LogP contribution in [0.5, 0.6) is 0 Å². The summed E-state index contributed by atoms with van der Waals surface area (Å²) in [6.45, 7) is 0. The fraction of sp³-hybridized carbons (Fsp3) is 0. The van der Waals surface area contributed by atoms with Crippen LogP contribution in [0.4, 0.5) is 0 Å². The minimum atomic E-state index is 0.598. The van der Waals surface area contributed by atoms with Crippen molar-refractivity contribution in [1.82, 2.24) is 15.0 Å². The second-order valence-electron chi connectivity index (χ2n) is 13.6. The summed E-state index contributed by atoms with van der Waals surface area (Å²) >= 11 is 0. The highest BCUT2D eigenvalue weighted by molar-refractivity contribution is 6.21. The highest BCUT2D eigenvalue weighted by atomic mass is 16.3. The average Bonchev–Trinajstić information content (AvgIpc) is 3.63. The Labute approximate surface area is 304 Å². The van der Waals surface area contributed by atoms with Crippen molar-refractivity contribution in [2.75, 3.05) is 0 Å². The molecule has 0 fully saturated rings. The Bertz CT molecular complexity index is 3230. The Morgan fingerprint density at radius 2 is 0.906 bits per heavy atom. The maximum Gasteiger partial charge on any atom is 0.164 e. The van der Waals surface area contributed by atoms with Crippen molar-refractivity contribution in [3.8, 4) is 45.3 Å². The van der Waals surface area contributed by atoms with Crippen LogP contribution in [0.3, 0.4) is 0 Å². The van der Waals surface area contributed by atoms with E-state index in [1.54, 1.807) is 0 Å². The lowest BCUT2D eigenvalue weighted by Gasteiger charge is -2.12. The third-order valence-corrected chi connectivity index (χ3v) is 10.5. The van der Waals surface area contributed by atoms with Crippen LogP contribution in [0.15, 0.2) is 180 Å². The fourth-order valence-corrected chi connectivity index (χ4v) is 7.91. The second kappa shape index (κ2) is 11.7. The molecular weight excluding hydrogens is 647 g/mol. The molecule has 4 heteroatoms. The molecule has 0 unspecified atom stereocenters. The first-order valence-corrected chi connectivity index (χ1v) is 17.9. The van der Waals surface area contributed by atoms with Gasteiger partial charge in [0.25, 0.3) is 0 Å². The summed E-state index contributed by atoms with van der Waals surface area (Å²) in [5.41, 5.74) is 6.50. The van der Waals surface area contributed by atoms with Crippen molar-refractivity contribution in [2.45, 2.75) is 0 Å². The summed E-state index contributed by atoms with van der Waals surface area (Å²) in [5, 5.41) is 11.7. The van der Waals surface area contributed by atoms with Crippen molar-refractivity contribution in [2.24, 2.45) is 0 Å². The van der Waals surface area contributed by atoms with E-state index < -0.39 is 0 Å². The molecule has 0 bridgehead atoms. The molecule has 11 rings (SSSR count). The van der Waals surface area contributed by atoms with Crippen molar-refractivity contribution >= 4 is 65.0 Å². The number of para-hydroxylation sites is 1. The Morgan fingerprint density at radius 3 is 1.75 bits per heavy atom. The molecule has 2 heterocycles. The summed E-state index contributed by atoms with van der Waals surface area (Å²) in [5.74, 6) is 1.84. The lowest BCUT2D eigenvalue weighted by molar-refractivity contribution is 0.670. The smallest absolute Gasteiger partial charge is 0.164 e. The van der Waals surface area contributed by atoms with E-state index in [0.29, 0.717) is 17.5 Å². The van der Waals surface area contributed by atoms with Crippen molar-refractivity contribution in [3.63, 3.8) is 0 Å². The van der Waals surface area contributed by atoms with Gasteiger partial charge in [-0.05, 0) is 79.0 Å². The zero-order valence-electron chi connectivity index (χ0n) is 28.5. The van der Waals surface area contributed by atoms with E-state index in [1.807, 2.05) is 42.5 Å². The topological polar surface area (TPSA) is 51.8 Å². The molecule has 0 N–H and O–H groups in total. The van der Waals surface area contributed by atoms with Crippen LogP contribution in [-0.2, 0) is 0 Å². The zero-order chi connectivity index (χ0) is 34.9. The van der Waals surface area contributed by atoms with Crippen LogP contribution in [0.25, 0.3) is 110 Å². The van der Waals surface area contributed by atoms with E-state index in [2.05, 4.69) is 133 Å². The third-order valence-electron chi connectivity index (χ3n) is 10.5. The molecule has 0 aliphatic heterocycles. The summed E-state index contributed by atoms with van der Waals surface area (Å²) < 4.78 is 6.78. The molecule has 0 aliphatic rings. The number of benzene rings is 9. The van der Waals surface area contributed by atoms with E-state index in [9.17, 15) is 0 Å². The Hall–Kier alpha value is -7.17. The van der Waals surface area contributed by atoms with Gasteiger partial charge < -0.3 is 4.42 Å². The van der Waals surface area contributed by atoms with Crippen LogP contribution < -0.4 is 0 Å². The fourth-order valence-electron chi connectivity index (χ4n) is 7.91. The van der Waals surface area contributed by atoms with E-state index >= 15 is 0 Å². The monoisotopic (exact) mass is 675 g/mol. The Balaban J connectivity index is 1.16. The van der Waals surface area contributed by atoms with Gasteiger partial charge in [-0.2, -0.15) is 0 Å². The summed E-state index contributed by atoms with van der Waals surface area (Å²) in [4.78, 5) is 15.4. The Kier molecular flexibility index (Phi) is 6.52. The van der Waals surface area contributed by atoms with Crippen molar-refractivity contribution < 1.29 is 4.42 Å². The van der Waals surface area contributed by atoms with Gasteiger partial charge in [-0.1, -0.05) is 146 Å². The van der Waals surface area contributed by atoms with Crippen LogP contribution >= 0.6 is 0 Å². The maximum atomic E-state index is 6.78. The first kappa shape index (κ1) is 29.5. The highest BCUT2D eigenvalue weighted by Crippen LogP contribution is 2.43. The largest absolute Gasteiger partial charge is 0.455 e. The predicted molar refractivity (Wildman–Crippen MR) is 219 cm³/mol. The molecule has 246 valence electrons. The quantitative estimate of drug-likeness (QED) is 0.174. The SMILES string of the molecule is c1ccc(-c2nc(-c3ccc4ccccc4c3)nc(-c3ccc(-c4ccc5ccc6ccc7ccccc7c6c5c4)c4oc5ccccc5c34)n2)cc1. The van der Waals surface area contributed by atoms with Gasteiger partial charge in [0, 0.05) is 33.0 Å². The zero-order valence-corrected chi connectivity index (χ0v) is 28.5. The molecule has 4 nitrogen and oxygen atoms in total. The van der Waals surface area contributed by atoms with E-state index in [4.69, 9.17) is 19.4 Å². The van der Waals surface area contributed by atoms with Crippen LogP contribution in [-0.4, -0.2) is 15.0 Å². The average molecular weight is 676 g/mol. The number of furan rings is 1. The normalized spacial score (nSPS) is 11.8. The molecule has 0 saturated carbocycles. The second-order valence-corrected chi connectivity index (χ2v) is 13.6. The van der Waals surface area contributed by atoms with Gasteiger partial charge in [-0.25, -0.2) is 15.0 Å². The lowest BCUT2D eigenvalue weighted by Crippen LogP contribution is -2.00. The van der Waals surface area contributed by atoms with E-state index in [1.165, 1.54) is 37.7 Å². The lowest BCUT2D eigenvalue weighted by atomic mass is 9.92. The van der Waals surface area contributed by atoms with Gasteiger partial charge in [0.1, 0.15) is 11.2 Å². The van der Waals surface area contributed by atoms with E-state index in [-0.39, 0.29) is 0 Å². The number of hydrogen-bond acceptors (Lipinski definition) is 4. The summed E-state index contributed by atoms with van der Waals surface area (Å²) in [7, 11) is 0. The third kappa shape index (κ3) is 4.80. The van der Waals surface area contributed by atoms with Crippen LogP contribution in [0, 0.1) is 0 Å². The van der Waals surface area contributed by atoms with Crippen molar-refractivity contribution in [3.05, 3.63) is 176 Å². The molecule has 0 spiro atoms. The number of hydrogen-bond donors (Lipinski definition) is 0. The standard InChI is InChI=1S/C49H29N3O/c1-2-12-34(13-3-1)47-50-48(37-25-18-30-10-4-5-14-35(30)28-37)52-49(51-47)41-27-26-39(46-45(41)40-16-8-9-17-43(40)53-46)36-24-21-32-20-23-33-22-19-31-11-6-7-15-38(31)44(33)42(32)29-36/h1-29H. The molecule has 0 aliphatic carbocycles. The molecule has 0 amide bonds. The molecule has 53 heavy (non-hydrogen) atoms. The highest BCUT2D eigenvalue weighted by Gasteiger charge is 2.21. The molecular formula is C49H29N3O. The first-order valence-electron chi connectivity index (χ1n) is 17.9. The minimum Gasteiger partial charge on any atom is -0.455 e. The molecule has 0 atom stereocenters. The van der Waals surface area contributed by atoms with Gasteiger partial charge in [0.2, 0.25) is 0 Å². The van der Waals surface area contributed by atoms with Crippen LogP contribution in [0.1, 0.15) is 0 Å². The van der Waals surface area contributed by atoms with Crippen LogP contribution in [0.2, 0.25) is 0 Å². The number of fused-ring (bicyclic) bond motifs is 9. The van der Waals surface area contributed by atoms with Gasteiger partial charge in [-0.15, -0.1) is 0 Å². The molecule has 0 saturated heterocycles. The van der Waals surface area contributed by atoms with Crippen molar-refractivity contribution in [1.29, 1.82) is 0 Å². The first-order chi connectivity index (χ1) is 26.2. The maximum absolute atomic E-state index is 6.78. The summed E-state index contributed by atoms with van der Waals surface area (Å²) in [6, 6.07) is 61.7. The summed E-state index contributed by atoms with van der Waals surface area (Å²) in [6.07, 6.45) is 0.